The first-order valence-electron chi connectivity index (χ1n) is 5.83. The highest BCUT2D eigenvalue weighted by molar-refractivity contribution is 8.00. The Bertz CT molecular complexity index is 432. The zero-order valence-electron chi connectivity index (χ0n) is 10.7. The van der Waals surface area contributed by atoms with Gasteiger partial charge < -0.3 is 4.74 Å². The zero-order chi connectivity index (χ0) is 14.5. The van der Waals surface area contributed by atoms with Gasteiger partial charge in [-0.2, -0.15) is 11.8 Å². The van der Waals surface area contributed by atoms with Crippen LogP contribution in [0.1, 0.15) is 30.6 Å². The van der Waals surface area contributed by atoms with E-state index in [1.165, 1.54) is 30.0 Å². The molecule has 0 aliphatic heterocycles. The molecule has 0 aliphatic carbocycles. The number of ketones is 1. The minimum atomic E-state index is -4.79. The third kappa shape index (κ3) is 5.55. The molecule has 2 nitrogen and oxygen atoms in total. The molecule has 0 spiro atoms. The van der Waals surface area contributed by atoms with Crippen LogP contribution in [0.5, 0.6) is 5.75 Å². The number of para-hydroxylation sites is 1. The molecule has 1 unspecified atom stereocenters. The number of benzene rings is 1. The van der Waals surface area contributed by atoms with Crippen molar-refractivity contribution in [2.45, 2.75) is 31.9 Å². The molecule has 0 saturated carbocycles. The van der Waals surface area contributed by atoms with E-state index in [9.17, 15) is 18.0 Å². The van der Waals surface area contributed by atoms with Crippen LogP contribution in [0.4, 0.5) is 13.2 Å². The van der Waals surface area contributed by atoms with Crippen molar-refractivity contribution >= 4 is 17.5 Å². The molecule has 0 N–H and O–H groups in total. The van der Waals surface area contributed by atoms with Crippen LogP contribution in [-0.4, -0.2) is 23.1 Å². The molecule has 19 heavy (non-hydrogen) atoms. The number of carbonyl (C=O) groups is 1. The molecule has 1 aromatic rings. The summed E-state index contributed by atoms with van der Waals surface area (Å²) in [7, 11) is 0. The summed E-state index contributed by atoms with van der Waals surface area (Å²) in [6, 6.07) is 5.42. The Hall–Kier alpha value is -1.17. The maximum absolute atomic E-state index is 12.2. The molecular formula is C13H15F3O2S. The van der Waals surface area contributed by atoms with Crippen molar-refractivity contribution in [3.8, 4) is 5.75 Å². The Labute approximate surface area is 114 Å². The first kappa shape index (κ1) is 15.9. The lowest BCUT2D eigenvalue weighted by molar-refractivity contribution is -0.274. The molecule has 1 atom stereocenters. The molecule has 106 valence electrons. The molecule has 0 heterocycles. The molecule has 1 aromatic carbocycles. The number of rotatable bonds is 6. The Kier molecular flexibility index (Phi) is 5.72. The number of thioether (sulfide) groups is 1. The SMILES string of the molecule is CCC(C)SCC(=O)c1ccccc1OC(F)(F)F. The summed E-state index contributed by atoms with van der Waals surface area (Å²) < 4.78 is 40.5. The Balaban J connectivity index is 2.79. The van der Waals surface area contributed by atoms with E-state index < -0.39 is 12.1 Å². The van der Waals surface area contributed by atoms with Crippen molar-refractivity contribution in [2.75, 3.05) is 5.75 Å². The maximum atomic E-state index is 12.2. The van der Waals surface area contributed by atoms with Gasteiger partial charge in [-0.3, -0.25) is 4.79 Å². The number of carbonyl (C=O) groups excluding carboxylic acids is 1. The fourth-order valence-electron chi connectivity index (χ4n) is 1.32. The summed E-state index contributed by atoms with van der Waals surface area (Å²) in [5, 5.41) is 0.291. The predicted molar refractivity (Wildman–Crippen MR) is 69.7 cm³/mol. The van der Waals surface area contributed by atoms with E-state index in [2.05, 4.69) is 4.74 Å². The van der Waals surface area contributed by atoms with Crippen LogP contribution in [0.2, 0.25) is 0 Å². The van der Waals surface area contributed by atoms with Gasteiger partial charge in [0.15, 0.2) is 5.78 Å². The molecule has 0 amide bonds. The minimum Gasteiger partial charge on any atom is -0.405 e. The van der Waals surface area contributed by atoms with Gasteiger partial charge in [0, 0.05) is 5.25 Å². The largest absolute Gasteiger partial charge is 0.573 e. The Morgan fingerprint density at radius 1 is 1.37 bits per heavy atom. The van der Waals surface area contributed by atoms with E-state index in [0.717, 1.165) is 12.5 Å². The Morgan fingerprint density at radius 3 is 2.58 bits per heavy atom. The lowest BCUT2D eigenvalue weighted by Gasteiger charge is -2.13. The molecule has 0 bridgehead atoms. The molecule has 0 saturated heterocycles. The van der Waals surface area contributed by atoms with Crippen molar-refractivity contribution < 1.29 is 22.7 Å². The molecule has 6 heteroatoms. The third-order valence-electron chi connectivity index (χ3n) is 2.49. The average molecular weight is 292 g/mol. The van der Waals surface area contributed by atoms with Crippen LogP contribution >= 0.6 is 11.8 Å². The molecule has 0 aromatic heterocycles. The number of hydrogen-bond acceptors (Lipinski definition) is 3. The second kappa shape index (κ2) is 6.84. The number of halogens is 3. The van der Waals surface area contributed by atoms with Crippen molar-refractivity contribution in [3.05, 3.63) is 29.8 Å². The smallest absolute Gasteiger partial charge is 0.405 e. The van der Waals surface area contributed by atoms with Gasteiger partial charge in [0.1, 0.15) is 5.75 Å². The number of ether oxygens (including phenoxy) is 1. The lowest BCUT2D eigenvalue weighted by atomic mass is 10.1. The second-order valence-corrected chi connectivity index (χ2v) is 5.42. The first-order chi connectivity index (χ1) is 8.83. The van der Waals surface area contributed by atoms with Gasteiger partial charge in [0.25, 0.3) is 0 Å². The van der Waals surface area contributed by atoms with Crippen LogP contribution < -0.4 is 4.74 Å². The standard InChI is InChI=1S/C13H15F3O2S/c1-3-9(2)19-8-11(17)10-6-4-5-7-12(10)18-13(14,15)16/h4-7,9H,3,8H2,1-2H3. The molecular weight excluding hydrogens is 277 g/mol. The van der Waals surface area contributed by atoms with E-state index in [1.807, 2.05) is 13.8 Å². The van der Waals surface area contributed by atoms with Crippen LogP contribution in [0, 0.1) is 0 Å². The lowest BCUT2D eigenvalue weighted by Crippen LogP contribution is -2.19. The number of Topliss-reactive ketones (excluding diaryl/α,β-unsaturated/α-hetero) is 1. The third-order valence-corrected chi connectivity index (χ3v) is 3.82. The van der Waals surface area contributed by atoms with E-state index in [4.69, 9.17) is 0 Å². The van der Waals surface area contributed by atoms with Gasteiger partial charge in [0.05, 0.1) is 11.3 Å². The second-order valence-electron chi connectivity index (χ2n) is 4.00. The van der Waals surface area contributed by atoms with Crippen LogP contribution in [0.25, 0.3) is 0 Å². The summed E-state index contributed by atoms with van der Waals surface area (Å²) in [4.78, 5) is 11.9. The first-order valence-corrected chi connectivity index (χ1v) is 6.88. The fourth-order valence-corrected chi connectivity index (χ4v) is 2.15. The van der Waals surface area contributed by atoms with Crippen LogP contribution in [-0.2, 0) is 0 Å². The van der Waals surface area contributed by atoms with Gasteiger partial charge in [-0.15, -0.1) is 13.2 Å². The van der Waals surface area contributed by atoms with Gasteiger partial charge in [-0.1, -0.05) is 26.0 Å². The normalized spacial score (nSPS) is 13.1. The highest BCUT2D eigenvalue weighted by Crippen LogP contribution is 2.27. The van der Waals surface area contributed by atoms with Crippen LogP contribution in [0.3, 0.4) is 0 Å². The van der Waals surface area contributed by atoms with Crippen LogP contribution in [0.15, 0.2) is 24.3 Å². The summed E-state index contributed by atoms with van der Waals surface area (Å²) in [5.74, 6) is -0.650. The topological polar surface area (TPSA) is 26.3 Å². The summed E-state index contributed by atoms with van der Waals surface area (Å²) in [5.41, 5.74) is -0.0318. The summed E-state index contributed by atoms with van der Waals surface area (Å²) in [6.07, 6.45) is -3.89. The van der Waals surface area contributed by atoms with Gasteiger partial charge in [-0.05, 0) is 18.6 Å². The van der Waals surface area contributed by atoms with Crippen molar-refractivity contribution in [1.29, 1.82) is 0 Å². The molecule has 1 rings (SSSR count). The molecule has 0 fully saturated rings. The quantitative estimate of drug-likeness (QED) is 0.731. The molecule has 0 radical (unpaired) electrons. The number of hydrogen-bond donors (Lipinski definition) is 0. The highest BCUT2D eigenvalue weighted by atomic mass is 32.2. The number of alkyl halides is 3. The van der Waals surface area contributed by atoms with Gasteiger partial charge in [-0.25, -0.2) is 0 Å². The summed E-state index contributed by atoms with van der Waals surface area (Å²) >= 11 is 1.42. The van der Waals surface area contributed by atoms with Crippen molar-refractivity contribution in [1.82, 2.24) is 0 Å². The van der Waals surface area contributed by atoms with Crippen molar-refractivity contribution in [2.24, 2.45) is 0 Å². The highest BCUT2D eigenvalue weighted by Gasteiger charge is 2.32. The van der Waals surface area contributed by atoms with Gasteiger partial charge >= 0.3 is 6.36 Å². The molecule has 0 aliphatic rings. The van der Waals surface area contributed by atoms with Crippen molar-refractivity contribution in [3.63, 3.8) is 0 Å². The maximum Gasteiger partial charge on any atom is 0.573 e. The van der Waals surface area contributed by atoms with E-state index in [1.54, 1.807) is 0 Å². The van der Waals surface area contributed by atoms with E-state index >= 15 is 0 Å². The fraction of sp³-hybridized carbons (Fsp3) is 0.462. The van der Waals surface area contributed by atoms with E-state index in [0.29, 0.717) is 5.25 Å². The summed E-state index contributed by atoms with van der Waals surface area (Å²) in [6.45, 7) is 3.96. The zero-order valence-corrected chi connectivity index (χ0v) is 11.5. The average Bonchev–Trinajstić information content (AvgIpc) is 2.34. The van der Waals surface area contributed by atoms with E-state index in [-0.39, 0.29) is 17.1 Å². The van der Waals surface area contributed by atoms with Gasteiger partial charge in [0.2, 0.25) is 0 Å². The Morgan fingerprint density at radius 2 is 2.00 bits per heavy atom. The minimum absolute atomic E-state index is 0.0318. The predicted octanol–water partition coefficient (Wildman–Crippen LogP) is 4.30. The monoisotopic (exact) mass is 292 g/mol.